The molecule has 2 rings (SSSR count). The minimum Gasteiger partial charge on any atom is -0.310 e. The highest BCUT2D eigenvalue weighted by Crippen LogP contribution is 2.27. The van der Waals surface area contributed by atoms with Crippen molar-refractivity contribution in [2.45, 2.75) is 32.7 Å². The van der Waals surface area contributed by atoms with E-state index in [9.17, 15) is 0 Å². The van der Waals surface area contributed by atoms with Crippen LogP contribution in [0.2, 0.25) is 0 Å². The van der Waals surface area contributed by atoms with Crippen molar-refractivity contribution in [2.75, 3.05) is 26.2 Å². The van der Waals surface area contributed by atoms with Crippen molar-refractivity contribution >= 4 is 31.9 Å². The van der Waals surface area contributed by atoms with Crippen LogP contribution in [0, 0.1) is 5.92 Å². The number of halogens is 2. The zero-order chi connectivity index (χ0) is 14.5. The highest BCUT2D eigenvalue weighted by molar-refractivity contribution is 9.11. The summed E-state index contributed by atoms with van der Waals surface area (Å²) >= 11 is 7.16. The smallest absolute Gasteiger partial charge is 0.0303 e. The van der Waals surface area contributed by atoms with E-state index in [4.69, 9.17) is 0 Å². The Morgan fingerprint density at radius 3 is 2.60 bits per heavy atom. The van der Waals surface area contributed by atoms with Crippen molar-refractivity contribution < 1.29 is 0 Å². The van der Waals surface area contributed by atoms with Crippen molar-refractivity contribution in [1.29, 1.82) is 0 Å². The van der Waals surface area contributed by atoms with E-state index in [1.54, 1.807) is 0 Å². The lowest BCUT2D eigenvalue weighted by Crippen LogP contribution is -2.37. The van der Waals surface area contributed by atoms with Gasteiger partial charge in [-0.05, 0) is 69.6 Å². The molecular weight excluding hydrogens is 380 g/mol. The number of hydrogen-bond acceptors (Lipinski definition) is 2. The SMILES string of the molecule is CCN1CCC(CNC(C)c2ccc(Br)cc2Br)CC1. The van der Waals surface area contributed by atoms with Crippen molar-refractivity contribution in [3.05, 3.63) is 32.7 Å². The molecule has 1 N–H and O–H groups in total. The van der Waals surface area contributed by atoms with Gasteiger partial charge in [-0.15, -0.1) is 0 Å². The topological polar surface area (TPSA) is 15.3 Å². The molecule has 0 aliphatic carbocycles. The Bertz CT molecular complexity index is 428. The Balaban J connectivity index is 1.82. The molecular formula is C16H24Br2N2. The molecule has 1 atom stereocenters. The van der Waals surface area contributed by atoms with Gasteiger partial charge in [-0.3, -0.25) is 0 Å². The largest absolute Gasteiger partial charge is 0.310 e. The average Bonchev–Trinajstić information content (AvgIpc) is 2.45. The van der Waals surface area contributed by atoms with E-state index in [0.717, 1.165) is 16.9 Å². The second-order valence-electron chi connectivity index (χ2n) is 5.67. The molecule has 20 heavy (non-hydrogen) atoms. The average molecular weight is 404 g/mol. The number of nitrogens with one attached hydrogen (secondary N) is 1. The first kappa shape index (κ1) is 16.5. The first-order valence-corrected chi connectivity index (χ1v) is 9.09. The molecule has 112 valence electrons. The Labute approximate surface area is 139 Å². The van der Waals surface area contributed by atoms with Crippen molar-refractivity contribution in [1.82, 2.24) is 10.2 Å². The third-order valence-electron chi connectivity index (χ3n) is 4.30. The molecule has 0 saturated carbocycles. The summed E-state index contributed by atoms with van der Waals surface area (Å²) in [6.07, 6.45) is 2.66. The van der Waals surface area contributed by atoms with Crippen LogP contribution in [0.1, 0.15) is 38.3 Å². The minimum atomic E-state index is 0.390. The predicted octanol–water partition coefficient (Wildman–Crippen LogP) is 4.59. The Hall–Kier alpha value is 0.1000. The van der Waals surface area contributed by atoms with Crippen molar-refractivity contribution in [3.8, 4) is 0 Å². The number of rotatable bonds is 5. The van der Waals surface area contributed by atoms with E-state index in [1.165, 1.54) is 42.5 Å². The molecule has 0 amide bonds. The van der Waals surface area contributed by atoms with Gasteiger partial charge in [0, 0.05) is 15.0 Å². The molecule has 0 radical (unpaired) electrons. The fourth-order valence-corrected chi connectivity index (χ4v) is 4.20. The lowest BCUT2D eigenvalue weighted by Gasteiger charge is -2.31. The van der Waals surface area contributed by atoms with E-state index in [0.29, 0.717) is 6.04 Å². The number of nitrogens with zero attached hydrogens (tertiary/aromatic N) is 1. The van der Waals surface area contributed by atoms with Crippen LogP contribution in [-0.4, -0.2) is 31.1 Å². The second-order valence-corrected chi connectivity index (χ2v) is 7.44. The van der Waals surface area contributed by atoms with Crippen LogP contribution in [0.5, 0.6) is 0 Å². The normalized spacial score (nSPS) is 19.2. The monoisotopic (exact) mass is 402 g/mol. The van der Waals surface area contributed by atoms with Gasteiger partial charge in [0.2, 0.25) is 0 Å². The van der Waals surface area contributed by atoms with Crippen LogP contribution in [0.25, 0.3) is 0 Å². The molecule has 1 unspecified atom stereocenters. The summed E-state index contributed by atoms with van der Waals surface area (Å²) < 4.78 is 2.29. The molecule has 1 aliphatic heterocycles. The van der Waals surface area contributed by atoms with Gasteiger partial charge in [-0.25, -0.2) is 0 Å². The second kappa shape index (κ2) is 7.92. The Morgan fingerprint density at radius 1 is 1.30 bits per heavy atom. The van der Waals surface area contributed by atoms with E-state index in [2.05, 4.69) is 74.1 Å². The summed E-state index contributed by atoms with van der Waals surface area (Å²) in [5, 5.41) is 3.70. The summed E-state index contributed by atoms with van der Waals surface area (Å²) in [5.74, 6) is 0.828. The van der Waals surface area contributed by atoms with Gasteiger partial charge >= 0.3 is 0 Å². The molecule has 0 bridgehead atoms. The van der Waals surface area contributed by atoms with Crippen molar-refractivity contribution in [3.63, 3.8) is 0 Å². The third kappa shape index (κ3) is 4.55. The van der Waals surface area contributed by atoms with Gasteiger partial charge in [0.15, 0.2) is 0 Å². The van der Waals surface area contributed by atoms with E-state index in [1.807, 2.05) is 0 Å². The fraction of sp³-hybridized carbons (Fsp3) is 0.625. The molecule has 1 aliphatic rings. The van der Waals surface area contributed by atoms with Crippen LogP contribution < -0.4 is 5.32 Å². The standard InChI is InChI=1S/C16H24Br2N2/c1-3-20-8-6-13(7-9-20)11-19-12(2)15-5-4-14(17)10-16(15)18/h4-5,10,12-13,19H,3,6-9,11H2,1-2H3. The molecule has 1 aromatic carbocycles. The molecule has 0 aromatic heterocycles. The fourth-order valence-electron chi connectivity index (χ4n) is 2.81. The zero-order valence-electron chi connectivity index (χ0n) is 12.3. The summed E-state index contributed by atoms with van der Waals surface area (Å²) in [7, 11) is 0. The quantitative estimate of drug-likeness (QED) is 0.772. The molecule has 0 spiro atoms. The number of piperidine rings is 1. The van der Waals surface area contributed by atoms with Gasteiger partial charge in [0.05, 0.1) is 0 Å². The Kier molecular flexibility index (Phi) is 6.53. The maximum absolute atomic E-state index is 3.70. The van der Waals surface area contributed by atoms with Crippen LogP contribution in [0.15, 0.2) is 27.1 Å². The van der Waals surface area contributed by atoms with Gasteiger partial charge < -0.3 is 10.2 Å². The third-order valence-corrected chi connectivity index (χ3v) is 5.48. The number of hydrogen-bond donors (Lipinski definition) is 1. The summed E-state index contributed by atoms with van der Waals surface area (Å²) in [4.78, 5) is 2.55. The maximum atomic E-state index is 3.70. The molecule has 1 fully saturated rings. The molecule has 1 saturated heterocycles. The van der Waals surface area contributed by atoms with Crippen molar-refractivity contribution in [2.24, 2.45) is 5.92 Å². The van der Waals surface area contributed by atoms with Crippen LogP contribution in [0.3, 0.4) is 0 Å². The van der Waals surface area contributed by atoms with Crippen LogP contribution >= 0.6 is 31.9 Å². The summed E-state index contributed by atoms with van der Waals surface area (Å²) in [6, 6.07) is 6.80. The summed E-state index contributed by atoms with van der Waals surface area (Å²) in [5.41, 5.74) is 1.33. The number of likely N-dealkylation sites (tertiary alicyclic amines) is 1. The maximum Gasteiger partial charge on any atom is 0.0303 e. The predicted molar refractivity (Wildman–Crippen MR) is 93.1 cm³/mol. The Morgan fingerprint density at radius 2 is 2.00 bits per heavy atom. The van der Waals surface area contributed by atoms with E-state index < -0.39 is 0 Å². The first-order valence-electron chi connectivity index (χ1n) is 7.50. The van der Waals surface area contributed by atoms with Crippen LogP contribution in [-0.2, 0) is 0 Å². The molecule has 1 heterocycles. The summed E-state index contributed by atoms with van der Waals surface area (Å²) in [6.45, 7) is 9.35. The highest BCUT2D eigenvalue weighted by Gasteiger charge is 2.19. The van der Waals surface area contributed by atoms with Crippen LogP contribution in [0.4, 0.5) is 0 Å². The highest BCUT2D eigenvalue weighted by atomic mass is 79.9. The molecule has 2 nitrogen and oxygen atoms in total. The lowest BCUT2D eigenvalue weighted by atomic mass is 9.96. The van der Waals surface area contributed by atoms with E-state index >= 15 is 0 Å². The molecule has 4 heteroatoms. The first-order chi connectivity index (χ1) is 9.60. The zero-order valence-corrected chi connectivity index (χ0v) is 15.5. The van der Waals surface area contributed by atoms with Gasteiger partial charge in [0.1, 0.15) is 0 Å². The van der Waals surface area contributed by atoms with E-state index in [-0.39, 0.29) is 0 Å². The minimum absolute atomic E-state index is 0.390. The number of benzene rings is 1. The van der Waals surface area contributed by atoms with Gasteiger partial charge in [-0.1, -0.05) is 44.8 Å². The lowest BCUT2D eigenvalue weighted by molar-refractivity contribution is 0.188. The molecule has 1 aromatic rings. The van der Waals surface area contributed by atoms with Gasteiger partial charge in [0.25, 0.3) is 0 Å². The van der Waals surface area contributed by atoms with Gasteiger partial charge in [-0.2, -0.15) is 0 Å².